The molecule has 3 aliphatic rings. The molecule has 5 rings (SSSR count). The summed E-state index contributed by atoms with van der Waals surface area (Å²) in [6, 6.07) is 15.6. The molecule has 0 radical (unpaired) electrons. The molecule has 1 saturated carbocycles. The van der Waals surface area contributed by atoms with Gasteiger partial charge in [-0.3, -0.25) is 4.79 Å². The molecule has 1 saturated heterocycles. The van der Waals surface area contributed by atoms with Gasteiger partial charge >= 0.3 is 12.1 Å². The summed E-state index contributed by atoms with van der Waals surface area (Å²) in [5.41, 5.74) is 2.06. The maximum Gasteiger partial charge on any atom is 0.407 e. The van der Waals surface area contributed by atoms with E-state index in [1.54, 1.807) is 0 Å². The Morgan fingerprint density at radius 3 is 2.15 bits per heavy atom. The second-order valence-corrected chi connectivity index (χ2v) is 9.00. The number of amides is 2. The number of likely N-dealkylation sites (tertiary alicyclic amines) is 1. The molecule has 2 aromatic carbocycles. The standard InChI is InChI=1S/C24H22F2N2O6/c25-24(26)18(19(24)20(29)28-11-23(33,12-28)21(30)31)9-27-22(32)34-10-17-15-7-3-1-5-13(15)14-6-2-4-8-16(14)17/h1-8,17-19,33H,9-12H2,(H,27,32)(H,30,31). The molecule has 0 bridgehead atoms. The quantitative estimate of drug-likeness (QED) is 0.593. The number of rotatable bonds is 6. The third kappa shape index (κ3) is 3.49. The van der Waals surface area contributed by atoms with Crippen molar-refractivity contribution < 1.29 is 38.1 Å². The van der Waals surface area contributed by atoms with E-state index in [1.807, 2.05) is 48.5 Å². The maximum absolute atomic E-state index is 14.2. The number of fused-ring (bicyclic) bond motifs is 3. The number of hydrogen-bond donors (Lipinski definition) is 3. The highest BCUT2D eigenvalue weighted by molar-refractivity contribution is 5.89. The number of alkyl carbamates (subject to hydrolysis) is 1. The highest BCUT2D eigenvalue weighted by Gasteiger charge is 2.73. The van der Waals surface area contributed by atoms with Gasteiger partial charge in [0, 0.05) is 12.5 Å². The number of benzene rings is 2. The Bertz CT molecular complexity index is 1130. The summed E-state index contributed by atoms with van der Waals surface area (Å²) in [5.74, 6) is -9.03. The zero-order chi connectivity index (χ0) is 24.3. The smallest absolute Gasteiger partial charge is 0.407 e. The molecule has 2 atom stereocenters. The summed E-state index contributed by atoms with van der Waals surface area (Å²) in [6.07, 6.45) is -0.861. The predicted octanol–water partition coefficient (Wildman–Crippen LogP) is 2.06. The van der Waals surface area contributed by atoms with Gasteiger partial charge in [0.2, 0.25) is 5.91 Å². The Balaban J connectivity index is 1.15. The minimum atomic E-state index is -3.33. The lowest BCUT2D eigenvalue weighted by Gasteiger charge is -2.43. The van der Waals surface area contributed by atoms with Gasteiger partial charge in [0.25, 0.3) is 5.92 Å². The first-order valence-electron chi connectivity index (χ1n) is 10.8. The SMILES string of the molecule is O=C(NCC1C(C(=O)N2CC(O)(C(=O)O)C2)C1(F)F)OCC1c2ccccc2-c2ccccc21. The van der Waals surface area contributed by atoms with Crippen LogP contribution in [0.1, 0.15) is 17.0 Å². The Morgan fingerprint density at radius 1 is 1.03 bits per heavy atom. The van der Waals surface area contributed by atoms with Crippen LogP contribution in [0, 0.1) is 11.8 Å². The molecule has 2 amide bonds. The van der Waals surface area contributed by atoms with Crippen molar-refractivity contribution in [3.63, 3.8) is 0 Å². The van der Waals surface area contributed by atoms with Crippen molar-refractivity contribution in [3.8, 4) is 11.1 Å². The molecule has 2 aromatic rings. The third-order valence-electron chi connectivity index (χ3n) is 6.89. The lowest BCUT2D eigenvalue weighted by atomic mass is 9.94. The second kappa shape index (κ2) is 7.76. The van der Waals surface area contributed by atoms with E-state index >= 15 is 0 Å². The number of nitrogens with one attached hydrogen (secondary N) is 1. The predicted molar refractivity (Wildman–Crippen MR) is 114 cm³/mol. The number of aliphatic hydroxyl groups is 1. The van der Waals surface area contributed by atoms with Gasteiger partial charge in [0.05, 0.1) is 19.0 Å². The van der Waals surface area contributed by atoms with Crippen molar-refractivity contribution >= 4 is 18.0 Å². The molecular formula is C24H22F2N2O6. The van der Waals surface area contributed by atoms with Crippen LogP contribution in [0.4, 0.5) is 13.6 Å². The van der Waals surface area contributed by atoms with Crippen molar-refractivity contribution in [1.82, 2.24) is 10.2 Å². The van der Waals surface area contributed by atoms with Gasteiger partial charge < -0.3 is 25.2 Å². The number of nitrogens with zero attached hydrogens (tertiary/aromatic N) is 1. The number of alkyl halides is 2. The van der Waals surface area contributed by atoms with Crippen LogP contribution in [-0.2, 0) is 14.3 Å². The molecule has 3 N–H and O–H groups in total. The number of carbonyl (C=O) groups excluding carboxylic acids is 2. The number of hydrogen-bond acceptors (Lipinski definition) is 5. The van der Waals surface area contributed by atoms with Crippen molar-refractivity contribution in [2.24, 2.45) is 11.8 Å². The van der Waals surface area contributed by atoms with Gasteiger partial charge in [-0.2, -0.15) is 0 Å². The molecule has 1 aliphatic heterocycles. The van der Waals surface area contributed by atoms with E-state index in [0.29, 0.717) is 0 Å². The van der Waals surface area contributed by atoms with Gasteiger partial charge in [-0.25, -0.2) is 18.4 Å². The number of ether oxygens (including phenoxy) is 1. The molecule has 1 heterocycles. The van der Waals surface area contributed by atoms with Crippen molar-refractivity contribution in [2.45, 2.75) is 17.4 Å². The summed E-state index contributed by atoms with van der Waals surface area (Å²) < 4.78 is 33.7. The van der Waals surface area contributed by atoms with Crippen molar-refractivity contribution in [3.05, 3.63) is 59.7 Å². The fourth-order valence-electron chi connectivity index (χ4n) is 4.90. The number of aliphatic carboxylic acids is 1. The number of halogens is 2. The highest BCUT2D eigenvalue weighted by atomic mass is 19.3. The number of β-amino-alcohol motifs (C(OH)–C–C–N with tert-alkyl or cyclic N) is 1. The molecule has 34 heavy (non-hydrogen) atoms. The van der Waals surface area contributed by atoms with Gasteiger partial charge in [-0.05, 0) is 22.3 Å². The van der Waals surface area contributed by atoms with Gasteiger partial charge in [-0.15, -0.1) is 0 Å². The molecule has 2 aliphatic carbocycles. The zero-order valence-electron chi connectivity index (χ0n) is 17.9. The number of carboxylic acids is 1. The van der Waals surface area contributed by atoms with Crippen LogP contribution < -0.4 is 5.32 Å². The fraction of sp³-hybridized carbons (Fsp3) is 0.375. The second-order valence-electron chi connectivity index (χ2n) is 9.00. The van der Waals surface area contributed by atoms with Gasteiger partial charge in [-0.1, -0.05) is 48.5 Å². The van der Waals surface area contributed by atoms with Crippen LogP contribution in [0.15, 0.2) is 48.5 Å². The van der Waals surface area contributed by atoms with E-state index < -0.39 is 61.0 Å². The number of carboxylic acid groups (broad SMARTS) is 1. The van der Waals surface area contributed by atoms with Crippen molar-refractivity contribution in [1.29, 1.82) is 0 Å². The molecule has 8 nitrogen and oxygen atoms in total. The van der Waals surface area contributed by atoms with Crippen LogP contribution in [0.3, 0.4) is 0 Å². The first-order chi connectivity index (χ1) is 16.1. The van der Waals surface area contributed by atoms with Crippen LogP contribution >= 0.6 is 0 Å². The average molecular weight is 472 g/mol. The maximum atomic E-state index is 14.2. The topological polar surface area (TPSA) is 116 Å². The Kier molecular flexibility index (Phi) is 5.09. The fourth-order valence-corrected chi connectivity index (χ4v) is 4.90. The van der Waals surface area contributed by atoms with Gasteiger partial charge in [0.1, 0.15) is 12.5 Å². The third-order valence-corrected chi connectivity index (χ3v) is 6.89. The van der Waals surface area contributed by atoms with Crippen LogP contribution in [-0.4, -0.2) is 70.8 Å². The van der Waals surface area contributed by atoms with E-state index in [1.165, 1.54) is 0 Å². The minimum absolute atomic E-state index is 0.0326. The first kappa shape index (κ1) is 22.3. The molecule has 2 fully saturated rings. The van der Waals surface area contributed by atoms with E-state index in [4.69, 9.17) is 9.84 Å². The largest absolute Gasteiger partial charge is 0.479 e. The molecule has 2 unspecified atom stereocenters. The summed E-state index contributed by atoms with van der Waals surface area (Å²) in [5, 5.41) is 20.9. The first-order valence-corrected chi connectivity index (χ1v) is 10.8. The van der Waals surface area contributed by atoms with Crippen LogP contribution in [0.25, 0.3) is 11.1 Å². The Labute approximate surface area is 193 Å². The molecule has 178 valence electrons. The highest BCUT2D eigenvalue weighted by Crippen LogP contribution is 2.56. The van der Waals surface area contributed by atoms with E-state index in [2.05, 4.69) is 5.32 Å². The molecule has 0 spiro atoms. The average Bonchev–Trinajstić information content (AvgIpc) is 3.19. The van der Waals surface area contributed by atoms with E-state index in [-0.39, 0.29) is 12.5 Å². The zero-order valence-corrected chi connectivity index (χ0v) is 17.9. The van der Waals surface area contributed by atoms with Crippen LogP contribution in [0.5, 0.6) is 0 Å². The lowest BCUT2D eigenvalue weighted by molar-refractivity contribution is -0.183. The lowest BCUT2D eigenvalue weighted by Crippen LogP contribution is -2.67. The Morgan fingerprint density at radius 2 is 1.59 bits per heavy atom. The summed E-state index contributed by atoms with van der Waals surface area (Å²) in [4.78, 5) is 36.3. The molecule has 0 aromatic heterocycles. The normalized spacial score (nSPS) is 23.3. The van der Waals surface area contributed by atoms with Gasteiger partial charge in [0.15, 0.2) is 5.60 Å². The van der Waals surface area contributed by atoms with E-state index in [9.17, 15) is 28.3 Å². The number of carbonyl (C=O) groups is 3. The molecular weight excluding hydrogens is 450 g/mol. The Hall–Kier alpha value is -3.53. The summed E-state index contributed by atoms with van der Waals surface area (Å²) in [6.45, 7) is -1.51. The monoisotopic (exact) mass is 472 g/mol. The van der Waals surface area contributed by atoms with Crippen LogP contribution in [0.2, 0.25) is 0 Å². The van der Waals surface area contributed by atoms with E-state index in [0.717, 1.165) is 27.2 Å². The summed E-state index contributed by atoms with van der Waals surface area (Å²) >= 11 is 0. The minimum Gasteiger partial charge on any atom is -0.479 e. The molecule has 10 heteroatoms. The van der Waals surface area contributed by atoms with Crippen molar-refractivity contribution in [2.75, 3.05) is 26.2 Å². The summed E-state index contributed by atoms with van der Waals surface area (Å²) in [7, 11) is 0.